The Morgan fingerprint density at radius 2 is 2.42 bits per heavy atom. The maximum absolute atomic E-state index is 5.79. The summed E-state index contributed by atoms with van der Waals surface area (Å²) in [5.41, 5.74) is 3.26. The van der Waals surface area contributed by atoms with E-state index in [4.69, 9.17) is 11.6 Å². The normalized spacial score (nSPS) is 10.8. The molecule has 2 aromatic rings. The summed E-state index contributed by atoms with van der Waals surface area (Å²) in [5.74, 6) is 0.539. The molecule has 2 aromatic heterocycles. The highest BCUT2D eigenvalue weighted by atomic mass is 35.5. The SMILES string of the molecule is Cc1c[nH]c2nccc(CCl)c12. The zero-order valence-electron chi connectivity index (χ0n) is 6.76. The summed E-state index contributed by atoms with van der Waals surface area (Å²) in [4.78, 5) is 7.29. The molecule has 0 bridgehead atoms. The zero-order chi connectivity index (χ0) is 8.55. The predicted molar refractivity (Wildman–Crippen MR) is 50.4 cm³/mol. The third kappa shape index (κ3) is 0.994. The van der Waals surface area contributed by atoms with Gasteiger partial charge in [0.15, 0.2) is 0 Å². The van der Waals surface area contributed by atoms with Crippen LogP contribution in [-0.2, 0) is 5.88 Å². The van der Waals surface area contributed by atoms with E-state index in [2.05, 4.69) is 16.9 Å². The van der Waals surface area contributed by atoms with Crippen LogP contribution >= 0.6 is 11.6 Å². The topological polar surface area (TPSA) is 28.7 Å². The van der Waals surface area contributed by atoms with E-state index in [1.54, 1.807) is 6.20 Å². The van der Waals surface area contributed by atoms with Gasteiger partial charge in [0.1, 0.15) is 5.65 Å². The lowest BCUT2D eigenvalue weighted by Crippen LogP contribution is -1.83. The van der Waals surface area contributed by atoms with Crippen LogP contribution in [-0.4, -0.2) is 9.97 Å². The van der Waals surface area contributed by atoms with Crippen LogP contribution in [0.2, 0.25) is 0 Å². The van der Waals surface area contributed by atoms with Gasteiger partial charge in [-0.15, -0.1) is 11.6 Å². The Morgan fingerprint density at radius 1 is 1.58 bits per heavy atom. The third-order valence-corrected chi connectivity index (χ3v) is 2.29. The Bertz CT molecular complexity index is 406. The summed E-state index contributed by atoms with van der Waals surface area (Å²) >= 11 is 5.79. The van der Waals surface area contributed by atoms with Crippen molar-refractivity contribution in [3.8, 4) is 0 Å². The molecule has 0 saturated heterocycles. The number of rotatable bonds is 1. The number of alkyl halides is 1. The minimum Gasteiger partial charge on any atom is -0.346 e. The first-order valence-corrected chi connectivity index (χ1v) is 4.34. The van der Waals surface area contributed by atoms with E-state index in [9.17, 15) is 0 Å². The molecule has 0 unspecified atom stereocenters. The van der Waals surface area contributed by atoms with Gasteiger partial charge in [-0.2, -0.15) is 0 Å². The summed E-state index contributed by atoms with van der Waals surface area (Å²) in [7, 11) is 0. The standard InChI is InChI=1S/C9H9ClN2/c1-6-5-12-9-8(6)7(4-10)2-3-11-9/h2-3,5H,4H2,1H3,(H,11,12). The number of aromatic nitrogens is 2. The number of nitrogens with one attached hydrogen (secondary N) is 1. The number of nitrogens with zero attached hydrogens (tertiary/aromatic N) is 1. The highest BCUT2D eigenvalue weighted by Gasteiger charge is 2.04. The van der Waals surface area contributed by atoms with E-state index in [1.807, 2.05) is 12.3 Å². The van der Waals surface area contributed by atoms with Crippen LogP contribution in [0.4, 0.5) is 0 Å². The van der Waals surface area contributed by atoms with Gasteiger partial charge in [-0.25, -0.2) is 4.98 Å². The summed E-state index contributed by atoms with van der Waals surface area (Å²) in [5, 5.41) is 1.16. The maximum atomic E-state index is 5.79. The van der Waals surface area contributed by atoms with Gasteiger partial charge in [0.05, 0.1) is 0 Å². The van der Waals surface area contributed by atoms with Crippen molar-refractivity contribution in [1.82, 2.24) is 9.97 Å². The first-order chi connectivity index (χ1) is 5.83. The molecular formula is C9H9ClN2. The van der Waals surface area contributed by atoms with E-state index in [0.717, 1.165) is 16.6 Å². The molecule has 0 radical (unpaired) electrons. The minimum atomic E-state index is 0.539. The number of fused-ring (bicyclic) bond motifs is 1. The fourth-order valence-electron chi connectivity index (χ4n) is 1.41. The average Bonchev–Trinajstić information content (AvgIpc) is 2.48. The number of halogens is 1. The van der Waals surface area contributed by atoms with Crippen molar-refractivity contribution in [2.24, 2.45) is 0 Å². The van der Waals surface area contributed by atoms with Crippen LogP contribution in [0.25, 0.3) is 11.0 Å². The van der Waals surface area contributed by atoms with E-state index in [0.29, 0.717) is 5.88 Å². The smallest absolute Gasteiger partial charge is 0.137 e. The van der Waals surface area contributed by atoms with Gasteiger partial charge in [-0.3, -0.25) is 0 Å². The monoisotopic (exact) mass is 180 g/mol. The molecule has 0 aliphatic carbocycles. The van der Waals surface area contributed by atoms with Crippen LogP contribution in [0.1, 0.15) is 11.1 Å². The van der Waals surface area contributed by atoms with E-state index in [1.165, 1.54) is 5.56 Å². The summed E-state index contributed by atoms with van der Waals surface area (Å²) in [6.07, 6.45) is 3.73. The Morgan fingerprint density at radius 3 is 3.17 bits per heavy atom. The van der Waals surface area contributed by atoms with Gasteiger partial charge in [0, 0.05) is 23.7 Å². The number of aryl methyl sites for hydroxylation is 1. The molecule has 0 saturated carbocycles. The third-order valence-electron chi connectivity index (χ3n) is 2.00. The molecule has 0 amide bonds. The number of H-pyrrole nitrogens is 1. The highest BCUT2D eigenvalue weighted by molar-refractivity contribution is 6.18. The molecule has 2 nitrogen and oxygen atoms in total. The fourth-order valence-corrected chi connectivity index (χ4v) is 1.63. The van der Waals surface area contributed by atoms with Crippen LogP contribution < -0.4 is 0 Å². The van der Waals surface area contributed by atoms with Gasteiger partial charge in [-0.1, -0.05) is 0 Å². The van der Waals surface area contributed by atoms with Crippen LogP contribution in [0.5, 0.6) is 0 Å². The molecule has 1 N–H and O–H groups in total. The molecular weight excluding hydrogens is 172 g/mol. The number of aromatic amines is 1. The zero-order valence-corrected chi connectivity index (χ0v) is 7.52. The minimum absolute atomic E-state index is 0.539. The van der Waals surface area contributed by atoms with Crippen LogP contribution in [0.15, 0.2) is 18.5 Å². The van der Waals surface area contributed by atoms with Crippen molar-refractivity contribution in [1.29, 1.82) is 0 Å². The first kappa shape index (κ1) is 7.62. The van der Waals surface area contributed by atoms with Gasteiger partial charge < -0.3 is 4.98 Å². The maximum Gasteiger partial charge on any atom is 0.137 e. The first-order valence-electron chi connectivity index (χ1n) is 3.80. The molecule has 0 fully saturated rings. The predicted octanol–water partition coefficient (Wildman–Crippen LogP) is 2.61. The van der Waals surface area contributed by atoms with Crippen molar-refractivity contribution < 1.29 is 0 Å². The fraction of sp³-hybridized carbons (Fsp3) is 0.222. The van der Waals surface area contributed by atoms with Gasteiger partial charge in [0.2, 0.25) is 0 Å². The molecule has 2 heterocycles. The number of pyridine rings is 1. The molecule has 0 aliphatic rings. The molecule has 62 valence electrons. The summed E-state index contributed by atoms with van der Waals surface area (Å²) in [6.45, 7) is 2.05. The quantitative estimate of drug-likeness (QED) is 0.672. The second-order valence-electron chi connectivity index (χ2n) is 2.80. The largest absolute Gasteiger partial charge is 0.346 e. The lowest BCUT2D eigenvalue weighted by Gasteiger charge is -1.97. The molecule has 3 heteroatoms. The molecule has 0 aromatic carbocycles. The summed E-state index contributed by atoms with van der Waals surface area (Å²) in [6, 6.07) is 1.95. The van der Waals surface area contributed by atoms with Crippen molar-refractivity contribution in [3.05, 3.63) is 29.6 Å². The lowest BCUT2D eigenvalue weighted by atomic mass is 10.1. The van der Waals surface area contributed by atoms with Crippen molar-refractivity contribution in [3.63, 3.8) is 0 Å². The molecule has 0 atom stereocenters. The van der Waals surface area contributed by atoms with E-state index in [-0.39, 0.29) is 0 Å². The Balaban J connectivity index is 2.84. The molecule has 12 heavy (non-hydrogen) atoms. The summed E-state index contributed by atoms with van der Waals surface area (Å²) < 4.78 is 0. The van der Waals surface area contributed by atoms with Crippen molar-refractivity contribution >= 4 is 22.6 Å². The Hall–Kier alpha value is -1.02. The Labute approximate surface area is 75.6 Å². The number of hydrogen-bond acceptors (Lipinski definition) is 1. The van der Waals surface area contributed by atoms with Gasteiger partial charge in [0.25, 0.3) is 0 Å². The van der Waals surface area contributed by atoms with Crippen molar-refractivity contribution in [2.45, 2.75) is 12.8 Å². The van der Waals surface area contributed by atoms with Crippen LogP contribution in [0, 0.1) is 6.92 Å². The lowest BCUT2D eigenvalue weighted by molar-refractivity contribution is 1.30. The molecule has 2 rings (SSSR count). The second-order valence-corrected chi connectivity index (χ2v) is 3.07. The van der Waals surface area contributed by atoms with Crippen molar-refractivity contribution in [2.75, 3.05) is 0 Å². The number of hydrogen-bond donors (Lipinski definition) is 1. The Kier molecular flexibility index (Phi) is 1.77. The van der Waals surface area contributed by atoms with Gasteiger partial charge in [-0.05, 0) is 24.1 Å². The second kappa shape index (κ2) is 2.79. The molecule has 0 spiro atoms. The average molecular weight is 181 g/mol. The molecule has 0 aliphatic heterocycles. The van der Waals surface area contributed by atoms with E-state index < -0.39 is 0 Å². The highest BCUT2D eigenvalue weighted by Crippen LogP contribution is 2.20. The van der Waals surface area contributed by atoms with Gasteiger partial charge >= 0.3 is 0 Å². The van der Waals surface area contributed by atoms with Crippen LogP contribution in [0.3, 0.4) is 0 Å². The van der Waals surface area contributed by atoms with E-state index >= 15 is 0 Å².